The minimum Gasteiger partial charge on any atom is -0.493 e. The van der Waals surface area contributed by atoms with Gasteiger partial charge < -0.3 is 23.6 Å². The summed E-state index contributed by atoms with van der Waals surface area (Å²) in [5.41, 5.74) is -0.547. The van der Waals surface area contributed by atoms with E-state index in [1.54, 1.807) is 45.2 Å². The fourth-order valence-corrected chi connectivity index (χ4v) is 7.81. The molecule has 250 valence electrons. The van der Waals surface area contributed by atoms with Crippen LogP contribution in [0.15, 0.2) is 66.4 Å². The maximum Gasteiger partial charge on any atom is 0.347 e. The first-order chi connectivity index (χ1) is 22.9. The molecule has 0 bridgehead atoms. The summed E-state index contributed by atoms with van der Waals surface area (Å²) < 4.78 is 21.9. The summed E-state index contributed by atoms with van der Waals surface area (Å²) in [5, 5.41) is 9.71. The number of allylic oxidation sites excluding steroid dienone is 4. The third kappa shape index (κ3) is 4.35. The Balaban J connectivity index is 1.29. The van der Waals surface area contributed by atoms with Gasteiger partial charge in [-0.1, -0.05) is 13.0 Å². The van der Waals surface area contributed by atoms with Crippen molar-refractivity contribution in [3.05, 3.63) is 96.1 Å². The number of furan rings is 1. The van der Waals surface area contributed by atoms with E-state index in [2.05, 4.69) is 4.98 Å². The van der Waals surface area contributed by atoms with Crippen LogP contribution in [0.5, 0.6) is 11.5 Å². The number of carbonyl (C=O) groups is 2. The number of hydrogen-bond donors (Lipinski definition) is 1. The summed E-state index contributed by atoms with van der Waals surface area (Å²) in [5.74, 6) is -0.350. The van der Waals surface area contributed by atoms with E-state index in [4.69, 9.17) is 13.9 Å². The lowest BCUT2D eigenvalue weighted by molar-refractivity contribution is -0.139. The van der Waals surface area contributed by atoms with Gasteiger partial charge in [-0.2, -0.15) is 0 Å². The fourth-order valence-electron chi connectivity index (χ4n) is 7.81. The monoisotopic (exact) mass is 657 g/mol. The zero-order valence-electron chi connectivity index (χ0n) is 27.2. The van der Waals surface area contributed by atoms with E-state index in [1.165, 1.54) is 34.2 Å². The van der Waals surface area contributed by atoms with Crippen LogP contribution in [0.1, 0.15) is 49.4 Å². The minimum absolute atomic E-state index is 0.00228. The molecule has 2 aliphatic carbocycles. The normalized spacial score (nSPS) is 23.3. The van der Waals surface area contributed by atoms with Crippen LogP contribution < -0.4 is 26.4 Å². The summed E-state index contributed by atoms with van der Waals surface area (Å²) in [6.07, 6.45) is 3.33. The van der Waals surface area contributed by atoms with Gasteiger partial charge in [-0.05, 0) is 42.7 Å². The number of rotatable bonds is 7. The summed E-state index contributed by atoms with van der Waals surface area (Å²) >= 11 is 0. The largest absolute Gasteiger partial charge is 0.493 e. The molecular formula is C34H35N5O9. The predicted octanol–water partition coefficient (Wildman–Crippen LogP) is 1.79. The van der Waals surface area contributed by atoms with Crippen LogP contribution in [-0.2, 0) is 42.8 Å². The van der Waals surface area contributed by atoms with Gasteiger partial charge in [0.15, 0.2) is 23.1 Å². The van der Waals surface area contributed by atoms with Crippen LogP contribution >= 0.6 is 0 Å². The molecule has 14 nitrogen and oxygen atoms in total. The van der Waals surface area contributed by atoms with Gasteiger partial charge in [0.1, 0.15) is 23.8 Å². The Labute approximate surface area is 273 Å². The third-order valence-corrected chi connectivity index (χ3v) is 10.4. The minimum atomic E-state index is -1.20. The molecule has 1 aromatic carbocycles. The van der Waals surface area contributed by atoms with Crippen molar-refractivity contribution in [2.24, 2.45) is 18.4 Å². The molecular weight excluding hydrogens is 622 g/mol. The number of fused-ring (bicyclic) bond motifs is 5. The summed E-state index contributed by atoms with van der Waals surface area (Å²) in [7, 11) is 4.60. The van der Waals surface area contributed by atoms with Gasteiger partial charge in [0.05, 0.1) is 49.2 Å². The zero-order chi connectivity index (χ0) is 34.2. The predicted molar refractivity (Wildman–Crippen MR) is 171 cm³/mol. The quantitative estimate of drug-likeness (QED) is 0.289. The number of hydrogen-bond acceptors (Lipinski definition) is 10. The molecule has 0 unspecified atom stereocenters. The topological polar surface area (TPSA) is 170 Å². The van der Waals surface area contributed by atoms with E-state index in [1.807, 2.05) is 6.08 Å². The Morgan fingerprint density at radius 3 is 2.48 bits per heavy atom. The second-order valence-corrected chi connectivity index (χ2v) is 12.8. The number of aliphatic hydroxyl groups excluding tert-OH is 1. The number of aromatic nitrogens is 5. The Kier molecular flexibility index (Phi) is 7.31. The zero-order valence-corrected chi connectivity index (χ0v) is 27.2. The van der Waals surface area contributed by atoms with Crippen molar-refractivity contribution in [3.8, 4) is 11.5 Å². The lowest BCUT2D eigenvalue weighted by Crippen LogP contribution is -2.54. The Morgan fingerprint density at radius 2 is 1.79 bits per heavy atom. The number of carbonyl (C=O) groups excluding carboxylic acids is 2. The molecule has 0 amide bonds. The van der Waals surface area contributed by atoms with Crippen molar-refractivity contribution >= 4 is 22.6 Å². The molecule has 4 atom stereocenters. The number of aryl methyl sites for hydroxylation is 2. The van der Waals surface area contributed by atoms with Crippen LogP contribution in [0, 0.1) is 11.3 Å². The molecule has 0 spiro atoms. The maximum atomic E-state index is 14.1. The first-order valence-electron chi connectivity index (χ1n) is 15.6. The van der Waals surface area contributed by atoms with Gasteiger partial charge in [0.2, 0.25) is 0 Å². The number of methoxy groups -OCH3 is 2. The Morgan fingerprint density at radius 1 is 1.06 bits per heavy atom. The summed E-state index contributed by atoms with van der Waals surface area (Å²) in [4.78, 5) is 73.0. The molecule has 14 heteroatoms. The smallest absolute Gasteiger partial charge is 0.347 e. The van der Waals surface area contributed by atoms with Gasteiger partial charge in [-0.25, -0.2) is 28.5 Å². The Bertz CT molecular complexity index is 2280. The van der Waals surface area contributed by atoms with Gasteiger partial charge in [0, 0.05) is 38.1 Å². The molecule has 0 radical (unpaired) electrons. The van der Waals surface area contributed by atoms with Crippen molar-refractivity contribution in [2.45, 2.75) is 58.3 Å². The molecule has 3 aromatic heterocycles. The third-order valence-electron chi connectivity index (χ3n) is 10.4. The van der Waals surface area contributed by atoms with Gasteiger partial charge in [0.25, 0.3) is 5.56 Å². The number of Topliss-reactive ketones (excluding diaryl/α,β-unsaturated/α-hetero) is 1. The highest BCUT2D eigenvalue weighted by molar-refractivity contribution is 6.12. The second kappa shape index (κ2) is 11.2. The van der Waals surface area contributed by atoms with Crippen LogP contribution in [0.4, 0.5) is 0 Å². The number of nitrogens with zero attached hydrogens (tertiary/aromatic N) is 5. The van der Waals surface area contributed by atoms with E-state index in [9.17, 15) is 29.1 Å². The van der Waals surface area contributed by atoms with E-state index in [0.717, 1.165) is 4.57 Å². The fraction of sp³-hybridized carbons (Fsp3) is 0.412. The summed E-state index contributed by atoms with van der Waals surface area (Å²) in [6, 6.07) is 5.90. The van der Waals surface area contributed by atoms with Crippen LogP contribution in [0.3, 0.4) is 0 Å². The number of aliphatic hydroxyl groups is 1. The molecule has 1 saturated carbocycles. The van der Waals surface area contributed by atoms with E-state index >= 15 is 0 Å². The standard InChI is InChI=1S/C34H35N5O9/c1-17-12-28(41)34(2)20(30(17)42)13-23-19(29(34)25-7-6-18(16-40)48-25)8-11-38-32(44)37(33(45)39(23)38)10-9-21-31(43)36(3)24-15-27(47-5)26(46-4)14-22(24)35-21/h6-8,12,14-15,20,23,29,40H,9-11,13,16H2,1-5H3/t20-,23+,29+,34-/m0/s1. The highest BCUT2D eigenvalue weighted by Gasteiger charge is 2.60. The molecule has 48 heavy (non-hydrogen) atoms. The van der Waals surface area contributed by atoms with E-state index < -0.39 is 34.7 Å². The maximum absolute atomic E-state index is 14.1. The van der Waals surface area contributed by atoms with Gasteiger partial charge in [-0.3, -0.25) is 14.4 Å². The van der Waals surface area contributed by atoms with Crippen molar-refractivity contribution in [2.75, 3.05) is 14.2 Å². The highest BCUT2D eigenvalue weighted by Crippen LogP contribution is 2.59. The van der Waals surface area contributed by atoms with Crippen molar-refractivity contribution < 1.29 is 28.6 Å². The van der Waals surface area contributed by atoms with Crippen LogP contribution in [0.25, 0.3) is 11.0 Å². The summed E-state index contributed by atoms with van der Waals surface area (Å²) in [6.45, 7) is 2.94. The lowest BCUT2D eigenvalue weighted by Gasteiger charge is -2.51. The molecule has 1 fully saturated rings. The molecule has 7 rings (SSSR count). The Hall–Kier alpha value is -5.24. The number of ketones is 2. The molecule has 1 N–H and O–H groups in total. The molecule has 4 aromatic rings. The van der Waals surface area contributed by atoms with Gasteiger partial charge in [-0.15, -0.1) is 0 Å². The van der Waals surface area contributed by atoms with E-state index in [-0.39, 0.29) is 55.4 Å². The van der Waals surface area contributed by atoms with Crippen LogP contribution in [-0.4, -0.2) is 54.4 Å². The SMILES string of the molecule is COc1cc2nc(CCn3c(=O)n4n(c3=O)[C@@H]3C[C@H]5C(=O)C(C)=CC(=O)[C@@]5(C)[C@@H](c5ccc(CO)o5)C3=CC4)c(=O)n(C)c2cc1OC. The molecule has 1 aliphatic heterocycles. The lowest BCUT2D eigenvalue weighted by atomic mass is 9.52. The second-order valence-electron chi connectivity index (χ2n) is 12.8. The van der Waals surface area contributed by atoms with Crippen LogP contribution in [0.2, 0.25) is 0 Å². The highest BCUT2D eigenvalue weighted by atomic mass is 16.5. The average molecular weight is 658 g/mol. The van der Waals surface area contributed by atoms with Crippen molar-refractivity contribution in [1.82, 2.24) is 23.5 Å². The molecule has 3 aliphatic rings. The number of ether oxygens (including phenoxy) is 2. The molecule has 4 heterocycles. The van der Waals surface area contributed by atoms with Crippen molar-refractivity contribution in [3.63, 3.8) is 0 Å². The molecule has 0 saturated heterocycles. The van der Waals surface area contributed by atoms with E-state index in [0.29, 0.717) is 45.2 Å². The first-order valence-corrected chi connectivity index (χ1v) is 15.6. The number of benzene rings is 1. The van der Waals surface area contributed by atoms with Gasteiger partial charge >= 0.3 is 11.4 Å². The average Bonchev–Trinajstić information content (AvgIpc) is 3.65. The first kappa shape index (κ1) is 31.4. The van der Waals surface area contributed by atoms with Crippen molar-refractivity contribution in [1.29, 1.82) is 0 Å².